The van der Waals surface area contributed by atoms with Gasteiger partial charge in [-0.1, -0.05) is 15.9 Å². The van der Waals surface area contributed by atoms with Gasteiger partial charge in [0.15, 0.2) is 10.8 Å². The van der Waals surface area contributed by atoms with E-state index in [1.165, 1.54) is 5.69 Å². The first-order valence-corrected chi connectivity index (χ1v) is 8.50. The van der Waals surface area contributed by atoms with Crippen molar-refractivity contribution in [3.8, 4) is 0 Å². The Bertz CT molecular complexity index is 534. The van der Waals surface area contributed by atoms with E-state index in [0.717, 1.165) is 29.2 Å². The number of rotatable bonds is 6. The normalized spacial score (nSPS) is 13.4. The van der Waals surface area contributed by atoms with Gasteiger partial charge in [0.1, 0.15) is 0 Å². The molecule has 0 aliphatic carbocycles. The Kier molecular flexibility index (Phi) is 4.86. The third-order valence-corrected chi connectivity index (χ3v) is 4.53. The van der Waals surface area contributed by atoms with Crippen LogP contribution >= 0.6 is 27.3 Å². The fourth-order valence-electron chi connectivity index (χ4n) is 2.47. The molecule has 19 heavy (non-hydrogen) atoms. The van der Waals surface area contributed by atoms with Crippen molar-refractivity contribution in [1.82, 2.24) is 14.3 Å². The van der Waals surface area contributed by atoms with Crippen LogP contribution in [0.5, 0.6) is 0 Å². The largest absolute Gasteiger partial charge is 0.351 e. The van der Waals surface area contributed by atoms with E-state index >= 15 is 0 Å². The van der Waals surface area contributed by atoms with Crippen LogP contribution in [0.2, 0.25) is 0 Å². The van der Waals surface area contributed by atoms with Crippen LogP contribution in [-0.2, 0) is 5.33 Å². The molecule has 1 unspecified atom stereocenters. The summed E-state index contributed by atoms with van der Waals surface area (Å²) in [4.78, 5) is 10.5. The van der Waals surface area contributed by atoms with Gasteiger partial charge in [-0.2, -0.15) is 0 Å². The molecule has 0 fully saturated rings. The summed E-state index contributed by atoms with van der Waals surface area (Å²) in [5, 5.41) is 2.91. The van der Waals surface area contributed by atoms with E-state index < -0.39 is 0 Å². The number of likely N-dealkylation sites (N-methyl/N-ethyl adjacent to an activating group) is 2. The highest BCUT2D eigenvalue weighted by Crippen LogP contribution is 2.27. The van der Waals surface area contributed by atoms with Gasteiger partial charge in [-0.25, -0.2) is 4.98 Å². The van der Waals surface area contributed by atoms with Crippen LogP contribution in [-0.4, -0.2) is 47.5 Å². The van der Waals surface area contributed by atoms with Gasteiger partial charge in [0.2, 0.25) is 0 Å². The highest BCUT2D eigenvalue weighted by Gasteiger charge is 2.21. The molecule has 0 amide bonds. The topological polar surface area (TPSA) is 23.8 Å². The molecule has 106 valence electrons. The molecule has 0 aliphatic heterocycles. The summed E-state index contributed by atoms with van der Waals surface area (Å²) >= 11 is 5.28. The summed E-state index contributed by atoms with van der Waals surface area (Å²) in [6, 6.07) is 0.447. The highest BCUT2D eigenvalue weighted by atomic mass is 79.9. The Labute approximate surface area is 127 Å². The number of halogens is 1. The van der Waals surface area contributed by atoms with Crippen LogP contribution in [0.15, 0.2) is 11.6 Å². The molecule has 0 saturated heterocycles. The number of imidazole rings is 1. The fourth-order valence-corrected chi connectivity index (χ4v) is 3.72. The van der Waals surface area contributed by atoms with Crippen molar-refractivity contribution >= 4 is 38.0 Å². The molecule has 0 bridgehead atoms. The zero-order chi connectivity index (χ0) is 14.0. The predicted octanol–water partition coefficient (Wildman–Crippen LogP) is 3.07. The number of hydrogen-bond acceptors (Lipinski definition) is 4. The van der Waals surface area contributed by atoms with Crippen LogP contribution in [0.3, 0.4) is 0 Å². The molecule has 0 spiro atoms. The molecule has 0 radical (unpaired) electrons. The Hall–Kier alpha value is -0.590. The molecular weight excluding hydrogens is 324 g/mol. The third-order valence-electron chi connectivity index (χ3n) is 3.24. The van der Waals surface area contributed by atoms with Crippen molar-refractivity contribution in [1.29, 1.82) is 0 Å². The molecule has 1 atom stereocenters. The number of alkyl halides is 1. The average Bonchev–Trinajstić information content (AvgIpc) is 2.89. The van der Waals surface area contributed by atoms with E-state index in [9.17, 15) is 0 Å². The lowest BCUT2D eigenvalue weighted by molar-refractivity contribution is 0.372. The van der Waals surface area contributed by atoms with Crippen molar-refractivity contribution in [2.75, 3.05) is 32.1 Å². The van der Waals surface area contributed by atoms with E-state index in [2.05, 4.69) is 69.7 Å². The monoisotopic (exact) mass is 344 g/mol. The molecule has 2 aromatic heterocycles. The van der Waals surface area contributed by atoms with Gasteiger partial charge in [0.25, 0.3) is 0 Å². The van der Waals surface area contributed by atoms with Gasteiger partial charge in [-0.15, -0.1) is 11.3 Å². The quantitative estimate of drug-likeness (QED) is 0.752. The van der Waals surface area contributed by atoms with Gasteiger partial charge in [0, 0.05) is 36.0 Å². The molecule has 0 aliphatic rings. The Balaban J connectivity index is 2.36. The summed E-state index contributed by atoms with van der Waals surface area (Å²) in [7, 11) is 4.23. The number of thiazole rings is 1. The molecule has 0 saturated carbocycles. The second-order valence-electron chi connectivity index (χ2n) is 4.97. The minimum absolute atomic E-state index is 0.447. The lowest BCUT2D eigenvalue weighted by Gasteiger charge is -2.31. The van der Waals surface area contributed by atoms with Crippen LogP contribution in [0.1, 0.15) is 19.5 Å². The van der Waals surface area contributed by atoms with Gasteiger partial charge in [-0.3, -0.25) is 4.40 Å². The van der Waals surface area contributed by atoms with E-state index in [1.54, 1.807) is 11.3 Å². The summed E-state index contributed by atoms with van der Waals surface area (Å²) in [6.45, 7) is 6.45. The first-order valence-electron chi connectivity index (χ1n) is 6.50. The van der Waals surface area contributed by atoms with Gasteiger partial charge in [0.05, 0.1) is 5.69 Å². The smallest absolute Gasteiger partial charge is 0.195 e. The maximum atomic E-state index is 4.80. The van der Waals surface area contributed by atoms with Gasteiger partial charge >= 0.3 is 0 Å². The van der Waals surface area contributed by atoms with Crippen molar-refractivity contribution in [2.24, 2.45) is 0 Å². The van der Waals surface area contributed by atoms with Crippen LogP contribution in [0, 0.1) is 0 Å². The van der Waals surface area contributed by atoms with Crippen LogP contribution < -0.4 is 4.90 Å². The molecule has 2 rings (SSSR count). The number of anilines is 1. The first kappa shape index (κ1) is 14.8. The van der Waals surface area contributed by atoms with Crippen molar-refractivity contribution in [3.05, 3.63) is 17.3 Å². The van der Waals surface area contributed by atoms with Crippen molar-refractivity contribution in [3.63, 3.8) is 0 Å². The summed E-state index contributed by atoms with van der Waals surface area (Å²) < 4.78 is 2.18. The number of aromatic nitrogens is 2. The summed E-state index contributed by atoms with van der Waals surface area (Å²) in [6.07, 6.45) is 2.09. The molecule has 6 heteroatoms. The zero-order valence-corrected chi connectivity index (χ0v) is 14.3. The van der Waals surface area contributed by atoms with Gasteiger partial charge < -0.3 is 9.80 Å². The molecule has 0 aromatic carbocycles. The fraction of sp³-hybridized carbons (Fsp3) is 0.615. The second kappa shape index (κ2) is 6.24. The van der Waals surface area contributed by atoms with Crippen LogP contribution in [0.4, 0.5) is 5.82 Å². The SMILES string of the molecule is CCN(c1nc2sccn2c1CBr)C(C)CN(C)C. The minimum atomic E-state index is 0.447. The standard InChI is InChI=1S/C13H21BrN4S/c1-5-17(10(2)9-16(3)4)12-11(8-14)18-6-7-19-13(18)15-12/h6-7,10H,5,8-9H2,1-4H3. The Morgan fingerprint density at radius 3 is 2.79 bits per heavy atom. The highest BCUT2D eigenvalue weighted by molar-refractivity contribution is 9.08. The van der Waals surface area contributed by atoms with E-state index in [4.69, 9.17) is 4.98 Å². The van der Waals surface area contributed by atoms with Crippen LogP contribution in [0.25, 0.3) is 4.96 Å². The Morgan fingerprint density at radius 1 is 1.47 bits per heavy atom. The lowest BCUT2D eigenvalue weighted by Crippen LogP contribution is -2.40. The number of fused-ring (bicyclic) bond motifs is 1. The zero-order valence-electron chi connectivity index (χ0n) is 11.9. The summed E-state index contributed by atoms with van der Waals surface area (Å²) in [5.41, 5.74) is 1.24. The first-order chi connectivity index (χ1) is 9.08. The van der Waals surface area contributed by atoms with Gasteiger partial charge in [-0.05, 0) is 27.9 Å². The van der Waals surface area contributed by atoms with Crippen molar-refractivity contribution in [2.45, 2.75) is 25.2 Å². The average molecular weight is 345 g/mol. The lowest BCUT2D eigenvalue weighted by atomic mass is 10.2. The minimum Gasteiger partial charge on any atom is -0.351 e. The second-order valence-corrected chi connectivity index (χ2v) is 6.40. The molecular formula is C13H21BrN4S. The molecule has 4 nitrogen and oxygen atoms in total. The maximum absolute atomic E-state index is 4.80. The molecule has 2 heterocycles. The third kappa shape index (κ3) is 2.95. The molecule has 0 N–H and O–H groups in total. The maximum Gasteiger partial charge on any atom is 0.195 e. The van der Waals surface area contributed by atoms with E-state index in [1.807, 2.05) is 0 Å². The van der Waals surface area contributed by atoms with E-state index in [0.29, 0.717) is 6.04 Å². The van der Waals surface area contributed by atoms with Crippen molar-refractivity contribution < 1.29 is 0 Å². The summed E-state index contributed by atoms with van der Waals surface area (Å²) in [5.74, 6) is 1.11. The number of hydrogen-bond donors (Lipinski definition) is 0. The van der Waals surface area contributed by atoms with E-state index in [-0.39, 0.29) is 0 Å². The predicted molar refractivity (Wildman–Crippen MR) is 86.7 cm³/mol. The number of nitrogens with zero attached hydrogens (tertiary/aromatic N) is 4. The molecule has 2 aromatic rings. The Morgan fingerprint density at radius 2 is 2.21 bits per heavy atom.